The van der Waals surface area contributed by atoms with E-state index >= 15 is 0 Å². The zero-order valence-electron chi connectivity index (χ0n) is 19.5. The van der Waals surface area contributed by atoms with E-state index < -0.39 is 11.8 Å². The number of nitrogens with one attached hydrogen (secondary N) is 1. The number of carbonyl (C=O) groups is 2. The predicted molar refractivity (Wildman–Crippen MR) is 131 cm³/mol. The fourth-order valence-corrected chi connectivity index (χ4v) is 3.50. The highest BCUT2D eigenvalue weighted by atomic mass is 16.5. The van der Waals surface area contributed by atoms with Crippen LogP contribution >= 0.6 is 0 Å². The Labute approximate surface area is 202 Å². The summed E-state index contributed by atoms with van der Waals surface area (Å²) in [5, 5.41) is 2.85. The molecule has 2 aromatic heterocycles. The van der Waals surface area contributed by atoms with E-state index in [0.29, 0.717) is 17.4 Å². The van der Waals surface area contributed by atoms with Crippen molar-refractivity contribution >= 4 is 17.8 Å². The monoisotopic (exact) mass is 474 g/mol. The molecule has 9 nitrogen and oxygen atoms in total. The molecule has 4 rings (SSSR count). The van der Waals surface area contributed by atoms with Gasteiger partial charge in [-0.05, 0) is 36.4 Å². The van der Waals surface area contributed by atoms with Crippen LogP contribution in [-0.4, -0.2) is 60.2 Å². The van der Waals surface area contributed by atoms with E-state index in [0.717, 1.165) is 11.3 Å². The van der Waals surface area contributed by atoms with E-state index in [9.17, 15) is 9.59 Å². The van der Waals surface area contributed by atoms with Gasteiger partial charge in [-0.25, -0.2) is 4.98 Å². The van der Waals surface area contributed by atoms with Crippen LogP contribution < -0.4 is 10.1 Å². The Kier molecular flexibility index (Phi) is 7.59. The number of anilines is 1. The van der Waals surface area contributed by atoms with Crippen LogP contribution in [0.4, 0.5) is 5.95 Å². The number of benzene rings is 2. The van der Waals surface area contributed by atoms with Crippen molar-refractivity contribution < 1.29 is 23.5 Å². The molecule has 4 aromatic rings. The minimum absolute atomic E-state index is 0.153. The third-order valence-corrected chi connectivity index (χ3v) is 5.30. The Morgan fingerprint density at radius 3 is 2.46 bits per heavy atom. The van der Waals surface area contributed by atoms with Crippen LogP contribution in [0.3, 0.4) is 0 Å². The molecule has 0 fully saturated rings. The van der Waals surface area contributed by atoms with Gasteiger partial charge in [-0.2, -0.15) is 0 Å². The van der Waals surface area contributed by atoms with Crippen LogP contribution in [0.5, 0.6) is 5.75 Å². The summed E-state index contributed by atoms with van der Waals surface area (Å²) in [7, 11) is 3.14. The SMILES string of the molecule is COCCN(CC(=O)Nc1nc(-c2ccccc2)cn1-c1ccc(OC)cc1)C(=O)c1ccco1. The molecule has 0 atom stereocenters. The van der Waals surface area contributed by atoms with Crippen molar-refractivity contribution in [3.8, 4) is 22.7 Å². The summed E-state index contributed by atoms with van der Waals surface area (Å²) < 4.78 is 17.4. The molecule has 180 valence electrons. The topological polar surface area (TPSA) is 98.8 Å². The molecule has 9 heteroatoms. The van der Waals surface area contributed by atoms with Gasteiger partial charge in [0.15, 0.2) is 5.76 Å². The number of rotatable bonds is 10. The molecule has 0 radical (unpaired) electrons. The summed E-state index contributed by atoms with van der Waals surface area (Å²) >= 11 is 0. The van der Waals surface area contributed by atoms with Gasteiger partial charge in [0.1, 0.15) is 12.3 Å². The van der Waals surface area contributed by atoms with Crippen molar-refractivity contribution in [2.45, 2.75) is 0 Å². The second-order valence-corrected chi connectivity index (χ2v) is 7.63. The Bertz CT molecular complexity index is 1250. The minimum atomic E-state index is -0.402. The molecule has 0 saturated carbocycles. The minimum Gasteiger partial charge on any atom is -0.497 e. The Balaban J connectivity index is 1.60. The molecule has 35 heavy (non-hydrogen) atoms. The van der Waals surface area contributed by atoms with E-state index in [2.05, 4.69) is 10.3 Å². The highest BCUT2D eigenvalue weighted by molar-refractivity contribution is 5.97. The lowest BCUT2D eigenvalue weighted by atomic mass is 10.2. The van der Waals surface area contributed by atoms with Gasteiger partial charge in [-0.3, -0.25) is 19.5 Å². The third-order valence-electron chi connectivity index (χ3n) is 5.30. The number of methoxy groups -OCH3 is 2. The second-order valence-electron chi connectivity index (χ2n) is 7.63. The number of ether oxygens (including phenoxy) is 2. The van der Waals surface area contributed by atoms with Crippen LogP contribution in [0.25, 0.3) is 16.9 Å². The summed E-state index contributed by atoms with van der Waals surface area (Å²) in [6.45, 7) is 0.309. The molecule has 0 aliphatic heterocycles. The summed E-state index contributed by atoms with van der Waals surface area (Å²) in [5.74, 6) is 0.399. The van der Waals surface area contributed by atoms with Crippen molar-refractivity contribution in [1.82, 2.24) is 14.5 Å². The lowest BCUT2D eigenvalue weighted by molar-refractivity contribution is -0.117. The molecule has 0 aliphatic rings. The smallest absolute Gasteiger partial charge is 0.290 e. The molecule has 0 unspecified atom stereocenters. The highest BCUT2D eigenvalue weighted by Gasteiger charge is 2.22. The Morgan fingerprint density at radius 2 is 1.80 bits per heavy atom. The highest BCUT2D eigenvalue weighted by Crippen LogP contribution is 2.25. The molecule has 0 saturated heterocycles. The van der Waals surface area contributed by atoms with Crippen molar-refractivity contribution in [1.29, 1.82) is 0 Å². The van der Waals surface area contributed by atoms with E-state index in [1.807, 2.05) is 60.8 Å². The number of carbonyl (C=O) groups excluding carboxylic acids is 2. The molecular weight excluding hydrogens is 448 g/mol. The van der Waals surface area contributed by atoms with Crippen LogP contribution in [0, 0.1) is 0 Å². The Hall–Kier alpha value is -4.37. The molecule has 0 aliphatic carbocycles. The summed E-state index contributed by atoms with van der Waals surface area (Å²) in [6.07, 6.45) is 3.27. The summed E-state index contributed by atoms with van der Waals surface area (Å²) in [6, 6.07) is 20.3. The number of hydrogen-bond donors (Lipinski definition) is 1. The maximum absolute atomic E-state index is 13.0. The van der Waals surface area contributed by atoms with Gasteiger partial charge < -0.3 is 18.8 Å². The molecule has 1 N–H and O–H groups in total. The van der Waals surface area contributed by atoms with E-state index in [-0.39, 0.29) is 25.5 Å². The predicted octanol–water partition coefficient (Wildman–Crippen LogP) is 3.87. The zero-order valence-corrected chi connectivity index (χ0v) is 19.5. The first-order valence-electron chi connectivity index (χ1n) is 11.0. The fourth-order valence-electron chi connectivity index (χ4n) is 3.50. The van der Waals surface area contributed by atoms with Crippen LogP contribution in [0.1, 0.15) is 10.6 Å². The molecule has 2 aromatic carbocycles. The number of amides is 2. The molecular formula is C26H26N4O5. The lowest BCUT2D eigenvalue weighted by Gasteiger charge is -2.20. The fraction of sp³-hybridized carbons (Fsp3) is 0.192. The lowest BCUT2D eigenvalue weighted by Crippen LogP contribution is -2.40. The van der Waals surface area contributed by atoms with Gasteiger partial charge in [-0.15, -0.1) is 0 Å². The molecule has 0 spiro atoms. The average Bonchev–Trinajstić information content (AvgIpc) is 3.57. The largest absolute Gasteiger partial charge is 0.497 e. The van der Waals surface area contributed by atoms with Gasteiger partial charge in [0.05, 0.1) is 25.7 Å². The van der Waals surface area contributed by atoms with E-state index in [4.69, 9.17) is 13.9 Å². The van der Waals surface area contributed by atoms with Crippen molar-refractivity contribution in [2.24, 2.45) is 0 Å². The van der Waals surface area contributed by atoms with Gasteiger partial charge in [0.2, 0.25) is 11.9 Å². The average molecular weight is 475 g/mol. The number of imidazole rings is 1. The van der Waals surface area contributed by atoms with Gasteiger partial charge in [0, 0.05) is 31.1 Å². The first kappa shape index (κ1) is 23.8. The maximum Gasteiger partial charge on any atom is 0.290 e. The van der Waals surface area contributed by atoms with Crippen LogP contribution in [-0.2, 0) is 9.53 Å². The van der Waals surface area contributed by atoms with E-state index in [1.54, 1.807) is 23.8 Å². The van der Waals surface area contributed by atoms with Gasteiger partial charge in [0.25, 0.3) is 5.91 Å². The van der Waals surface area contributed by atoms with Crippen LogP contribution in [0.2, 0.25) is 0 Å². The molecule has 2 amide bonds. The maximum atomic E-state index is 13.0. The standard InChI is InChI=1S/C26H26N4O5/c1-33-16-14-29(25(32)23-9-6-15-35-23)18-24(31)28-26-27-22(19-7-4-3-5-8-19)17-30(26)20-10-12-21(34-2)13-11-20/h3-13,15,17H,14,16,18H2,1-2H3,(H,27,28,31). The number of furan rings is 1. The van der Waals surface area contributed by atoms with E-state index in [1.165, 1.54) is 18.3 Å². The molecule has 0 bridgehead atoms. The summed E-state index contributed by atoms with van der Waals surface area (Å²) in [5.41, 5.74) is 2.39. The normalized spacial score (nSPS) is 10.7. The van der Waals surface area contributed by atoms with Crippen molar-refractivity contribution in [3.63, 3.8) is 0 Å². The van der Waals surface area contributed by atoms with Crippen molar-refractivity contribution in [2.75, 3.05) is 39.2 Å². The first-order valence-corrected chi connectivity index (χ1v) is 11.0. The van der Waals surface area contributed by atoms with Crippen LogP contribution in [0.15, 0.2) is 83.6 Å². The zero-order chi connectivity index (χ0) is 24.6. The number of aromatic nitrogens is 2. The van der Waals surface area contributed by atoms with Gasteiger partial charge in [-0.1, -0.05) is 30.3 Å². The quantitative estimate of drug-likeness (QED) is 0.375. The molecule has 2 heterocycles. The summed E-state index contributed by atoms with van der Waals surface area (Å²) in [4.78, 5) is 31.9. The second kappa shape index (κ2) is 11.2. The first-order chi connectivity index (χ1) is 17.1. The number of hydrogen-bond acceptors (Lipinski definition) is 6. The Morgan fingerprint density at radius 1 is 1.03 bits per heavy atom. The number of nitrogens with zero attached hydrogens (tertiary/aromatic N) is 3. The van der Waals surface area contributed by atoms with Crippen molar-refractivity contribution in [3.05, 3.63) is 85.0 Å². The van der Waals surface area contributed by atoms with Gasteiger partial charge >= 0.3 is 0 Å². The third kappa shape index (κ3) is 5.77.